The van der Waals surface area contributed by atoms with Crippen LogP contribution in [0.2, 0.25) is 0 Å². The molecule has 2 aromatic carbocycles. The second-order valence-electron chi connectivity index (χ2n) is 6.68. The summed E-state index contributed by atoms with van der Waals surface area (Å²) in [6.07, 6.45) is 5.33. The average Bonchev–Trinajstić information content (AvgIpc) is 3.16. The highest BCUT2D eigenvalue weighted by Gasteiger charge is 2.33. The van der Waals surface area contributed by atoms with E-state index in [1.165, 1.54) is 11.1 Å². The minimum atomic E-state index is -0.484. The van der Waals surface area contributed by atoms with Crippen molar-refractivity contribution in [3.05, 3.63) is 90.9 Å². The third kappa shape index (κ3) is 5.45. The van der Waals surface area contributed by atoms with Gasteiger partial charge >= 0.3 is 6.09 Å². The van der Waals surface area contributed by atoms with Crippen LogP contribution in [0.1, 0.15) is 10.4 Å². The maximum atomic E-state index is 12.5. The molecule has 0 bridgehead atoms. The minimum absolute atomic E-state index is 0.158. The van der Waals surface area contributed by atoms with Crippen molar-refractivity contribution in [2.75, 3.05) is 29.1 Å². The van der Waals surface area contributed by atoms with Gasteiger partial charge in [-0.2, -0.15) is 0 Å². The van der Waals surface area contributed by atoms with E-state index in [1.807, 2.05) is 0 Å². The fraction of sp³-hybridized carbons (Fsp3) is 0.130. The molecule has 2 amide bonds. The molecule has 1 atom stereocenters. The van der Waals surface area contributed by atoms with E-state index in [2.05, 4.69) is 11.9 Å². The Morgan fingerprint density at radius 2 is 2.00 bits per heavy atom. The molecule has 1 fully saturated rings. The number of hydrogen-bond acceptors (Lipinski definition) is 6. The van der Waals surface area contributed by atoms with Gasteiger partial charge < -0.3 is 26.3 Å². The summed E-state index contributed by atoms with van der Waals surface area (Å²) in [5, 5.41) is 2.77. The Morgan fingerprint density at radius 3 is 2.68 bits per heavy atom. The molecule has 0 aromatic heterocycles. The Kier molecular flexibility index (Phi) is 6.95. The van der Waals surface area contributed by atoms with Crippen LogP contribution in [0.4, 0.5) is 21.9 Å². The van der Waals surface area contributed by atoms with Gasteiger partial charge in [-0.25, -0.2) is 4.79 Å². The zero-order chi connectivity index (χ0) is 22.2. The maximum Gasteiger partial charge on any atom is 0.414 e. The number of nitrogen functional groups attached to an aromatic ring is 1. The molecule has 31 heavy (non-hydrogen) atoms. The molecule has 160 valence electrons. The van der Waals surface area contributed by atoms with Crippen LogP contribution in [-0.2, 0) is 9.47 Å². The molecule has 8 heteroatoms. The number of para-hydroxylation sites is 2. The standard InChI is InChI=1S/C23H24N4O4/c1-2-3-6-18(13-24)30-15-19-14-27(23(29)31-19)17-11-9-16(10-12-17)22(28)26-21-8-5-4-7-20(21)25/h2-13,19H,1,14-15,24-25H2,(H,26,28)/b6-3-,18-13+. The number of carbonyl (C=O) groups excluding carboxylic acids is 2. The summed E-state index contributed by atoms with van der Waals surface area (Å²) in [4.78, 5) is 26.2. The number of cyclic esters (lactones) is 1. The summed E-state index contributed by atoms with van der Waals surface area (Å²) < 4.78 is 10.9. The van der Waals surface area contributed by atoms with Crippen LogP contribution in [0.5, 0.6) is 0 Å². The van der Waals surface area contributed by atoms with Gasteiger partial charge in [0.05, 0.1) is 17.9 Å². The predicted molar refractivity (Wildman–Crippen MR) is 120 cm³/mol. The van der Waals surface area contributed by atoms with Crippen LogP contribution in [0.3, 0.4) is 0 Å². The van der Waals surface area contributed by atoms with E-state index in [9.17, 15) is 9.59 Å². The monoisotopic (exact) mass is 420 g/mol. The van der Waals surface area contributed by atoms with Crippen molar-refractivity contribution in [2.45, 2.75) is 6.10 Å². The molecule has 0 aliphatic carbocycles. The van der Waals surface area contributed by atoms with Gasteiger partial charge in [-0.3, -0.25) is 9.69 Å². The average molecular weight is 420 g/mol. The molecule has 0 radical (unpaired) electrons. The lowest BCUT2D eigenvalue weighted by molar-refractivity contribution is 0.0808. The van der Waals surface area contributed by atoms with Crippen molar-refractivity contribution >= 4 is 29.1 Å². The SMILES string of the molecule is C=C/C=C\C(=C/N)OCC1CN(c2ccc(C(=O)Nc3ccccc3N)cc2)C(=O)O1. The van der Waals surface area contributed by atoms with E-state index < -0.39 is 12.2 Å². The summed E-state index contributed by atoms with van der Waals surface area (Å²) in [7, 11) is 0. The van der Waals surface area contributed by atoms with E-state index >= 15 is 0 Å². The zero-order valence-corrected chi connectivity index (χ0v) is 16.9. The van der Waals surface area contributed by atoms with E-state index in [1.54, 1.807) is 66.8 Å². The van der Waals surface area contributed by atoms with E-state index in [0.717, 1.165) is 0 Å². The second-order valence-corrected chi connectivity index (χ2v) is 6.68. The third-order valence-corrected chi connectivity index (χ3v) is 4.52. The number of amides is 2. The van der Waals surface area contributed by atoms with E-state index in [4.69, 9.17) is 20.9 Å². The molecule has 0 spiro atoms. The second kappa shape index (κ2) is 10.0. The summed E-state index contributed by atoms with van der Waals surface area (Å²) in [5.41, 5.74) is 13.4. The number of allylic oxidation sites excluding steroid dienone is 3. The highest BCUT2D eigenvalue weighted by Crippen LogP contribution is 2.24. The van der Waals surface area contributed by atoms with E-state index in [0.29, 0.717) is 34.9 Å². The molecule has 5 N–H and O–H groups in total. The molecule has 1 unspecified atom stereocenters. The molecule has 8 nitrogen and oxygen atoms in total. The lowest BCUT2D eigenvalue weighted by Gasteiger charge is -2.14. The first-order chi connectivity index (χ1) is 15.0. The van der Waals surface area contributed by atoms with Gasteiger partial charge in [0, 0.05) is 17.5 Å². The van der Waals surface area contributed by atoms with Crippen LogP contribution in [0.25, 0.3) is 0 Å². The van der Waals surface area contributed by atoms with Gasteiger partial charge in [-0.05, 0) is 42.5 Å². The highest BCUT2D eigenvalue weighted by atomic mass is 16.6. The third-order valence-electron chi connectivity index (χ3n) is 4.52. The van der Waals surface area contributed by atoms with Crippen molar-refractivity contribution in [3.8, 4) is 0 Å². The molecule has 1 heterocycles. The number of nitrogens with zero attached hydrogens (tertiary/aromatic N) is 1. The Hall–Kier alpha value is -4.20. The molecule has 1 aliphatic rings. The minimum Gasteiger partial charge on any atom is -0.488 e. The maximum absolute atomic E-state index is 12.5. The number of benzene rings is 2. The Bertz CT molecular complexity index is 1010. The quantitative estimate of drug-likeness (QED) is 0.342. The number of nitrogens with one attached hydrogen (secondary N) is 1. The first-order valence-corrected chi connectivity index (χ1v) is 9.59. The summed E-state index contributed by atoms with van der Waals surface area (Å²) >= 11 is 0. The number of anilines is 3. The molecule has 2 aromatic rings. The van der Waals surface area contributed by atoms with E-state index in [-0.39, 0.29) is 12.5 Å². The van der Waals surface area contributed by atoms with Crippen molar-refractivity contribution in [3.63, 3.8) is 0 Å². The van der Waals surface area contributed by atoms with Gasteiger partial charge in [0.15, 0.2) is 6.10 Å². The predicted octanol–water partition coefficient (Wildman–Crippen LogP) is 3.41. The Labute approximate surface area is 180 Å². The van der Waals surface area contributed by atoms with Gasteiger partial charge in [-0.1, -0.05) is 30.9 Å². The summed E-state index contributed by atoms with van der Waals surface area (Å²) in [6.45, 7) is 4.05. The number of ether oxygens (including phenoxy) is 2. The van der Waals surface area contributed by atoms with Gasteiger partial charge in [0.1, 0.15) is 12.4 Å². The largest absolute Gasteiger partial charge is 0.488 e. The number of carbonyl (C=O) groups is 2. The van der Waals surface area contributed by atoms with Crippen LogP contribution >= 0.6 is 0 Å². The Morgan fingerprint density at radius 1 is 1.26 bits per heavy atom. The summed E-state index contributed by atoms with van der Waals surface area (Å²) in [5.74, 6) is 0.150. The van der Waals surface area contributed by atoms with Crippen molar-refractivity contribution in [2.24, 2.45) is 5.73 Å². The molecular weight excluding hydrogens is 396 g/mol. The van der Waals surface area contributed by atoms with Crippen LogP contribution < -0.4 is 21.7 Å². The topological polar surface area (TPSA) is 120 Å². The highest BCUT2D eigenvalue weighted by molar-refractivity contribution is 6.06. The first kappa shape index (κ1) is 21.5. The van der Waals surface area contributed by atoms with Crippen molar-refractivity contribution in [1.29, 1.82) is 0 Å². The zero-order valence-electron chi connectivity index (χ0n) is 16.9. The van der Waals surface area contributed by atoms with Gasteiger partial charge in [0.2, 0.25) is 0 Å². The van der Waals surface area contributed by atoms with Crippen molar-refractivity contribution in [1.82, 2.24) is 0 Å². The van der Waals surface area contributed by atoms with Crippen LogP contribution in [0, 0.1) is 0 Å². The molecular formula is C23H24N4O4. The fourth-order valence-electron chi connectivity index (χ4n) is 2.92. The molecule has 3 rings (SSSR count). The fourth-order valence-corrected chi connectivity index (χ4v) is 2.92. The molecule has 1 aliphatic heterocycles. The lowest BCUT2D eigenvalue weighted by atomic mass is 10.1. The van der Waals surface area contributed by atoms with Crippen LogP contribution in [0.15, 0.2) is 85.3 Å². The van der Waals surface area contributed by atoms with Crippen molar-refractivity contribution < 1.29 is 19.1 Å². The first-order valence-electron chi connectivity index (χ1n) is 9.59. The smallest absolute Gasteiger partial charge is 0.414 e. The number of rotatable bonds is 8. The molecule has 1 saturated heterocycles. The molecule has 0 saturated carbocycles. The summed E-state index contributed by atoms with van der Waals surface area (Å²) in [6, 6.07) is 13.7. The number of hydrogen-bond donors (Lipinski definition) is 3. The van der Waals surface area contributed by atoms with Crippen LogP contribution in [-0.4, -0.2) is 31.3 Å². The lowest BCUT2D eigenvalue weighted by Crippen LogP contribution is -2.26. The Balaban J connectivity index is 1.60. The normalized spacial score (nSPS) is 16.3. The number of nitrogens with two attached hydrogens (primary N) is 2. The van der Waals surface area contributed by atoms with Gasteiger partial charge in [-0.15, -0.1) is 0 Å². The van der Waals surface area contributed by atoms with Gasteiger partial charge in [0.25, 0.3) is 5.91 Å².